The van der Waals surface area contributed by atoms with E-state index in [4.69, 9.17) is 4.74 Å². The Balaban J connectivity index is 1.49. The standard InChI is InChI=1S/C17H31NO/c1-11(2)10-19-15-9-14(17(15,3)4)18-16(12-5-6-12)13-7-8-13/h11-16,18H,5-10H2,1-4H3. The summed E-state index contributed by atoms with van der Waals surface area (Å²) in [6.45, 7) is 10.1. The molecule has 0 amide bonds. The fraction of sp³-hybridized carbons (Fsp3) is 1.00. The van der Waals surface area contributed by atoms with Crippen molar-refractivity contribution in [2.24, 2.45) is 23.2 Å². The monoisotopic (exact) mass is 265 g/mol. The summed E-state index contributed by atoms with van der Waals surface area (Å²) in [5.74, 6) is 2.64. The van der Waals surface area contributed by atoms with Gasteiger partial charge in [-0.1, -0.05) is 27.7 Å². The van der Waals surface area contributed by atoms with Crippen molar-refractivity contribution in [3.05, 3.63) is 0 Å². The van der Waals surface area contributed by atoms with E-state index >= 15 is 0 Å². The maximum atomic E-state index is 6.08. The molecular formula is C17H31NO. The third-order valence-electron chi connectivity index (χ3n) is 5.46. The van der Waals surface area contributed by atoms with Crippen LogP contribution in [0.4, 0.5) is 0 Å². The quantitative estimate of drug-likeness (QED) is 0.759. The summed E-state index contributed by atoms with van der Waals surface area (Å²) in [6, 6.07) is 1.51. The van der Waals surface area contributed by atoms with Gasteiger partial charge in [-0.2, -0.15) is 0 Å². The lowest BCUT2D eigenvalue weighted by Gasteiger charge is -2.53. The van der Waals surface area contributed by atoms with Gasteiger partial charge in [0, 0.05) is 24.1 Å². The van der Waals surface area contributed by atoms with Crippen LogP contribution in [0.15, 0.2) is 0 Å². The molecule has 0 aromatic rings. The summed E-state index contributed by atoms with van der Waals surface area (Å²) in [4.78, 5) is 0. The minimum absolute atomic E-state index is 0.316. The fourth-order valence-corrected chi connectivity index (χ4v) is 3.56. The van der Waals surface area contributed by atoms with E-state index in [0.29, 0.717) is 23.5 Å². The lowest BCUT2D eigenvalue weighted by Crippen LogP contribution is -2.63. The highest BCUT2D eigenvalue weighted by Gasteiger charge is 2.52. The number of hydrogen-bond acceptors (Lipinski definition) is 2. The Kier molecular flexibility index (Phi) is 3.68. The minimum atomic E-state index is 0.316. The second-order valence-corrected chi connectivity index (χ2v) is 8.19. The van der Waals surface area contributed by atoms with E-state index in [1.165, 1.54) is 32.1 Å². The van der Waals surface area contributed by atoms with Crippen LogP contribution >= 0.6 is 0 Å². The second kappa shape index (κ2) is 5.04. The Morgan fingerprint density at radius 2 is 1.68 bits per heavy atom. The van der Waals surface area contributed by atoms with Gasteiger partial charge in [0.1, 0.15) is 0 Å². The fourth-order valence-electron chi connectivity index (χ4n) is 3.56. The predicted molar refractivity (Wildman–Crippen MR) is 79.1 cm³/mol. The summed E-state index contributed by atoms with van der Waals surface area (Å²) in [5.41, 5.74) is 0.316. The van der Waals surface area contributed by atoms with Gasteiger partial charge in [-0.25, -0.2) is 0 Å². The normalized spacial score (nSPS) is 33.8. The molecule has 0 bridgehead atoms. The molecule has 19 heavy (non-hydrogen) atoms. The van der Waals surface area contributed by atoms with Gasteiger partial charge < -0.3 is 10.1 Å². The number of nitrogens with one attached hydrogen (secondary N) is 1. The molecule has 2 nitrogen and oxygen atoms in total. The van der Waals surface area contributed by atoms with E-state index in [1.807, 2.05) is 0 Å². The van der Waals surface area contributed by atoms with Crippen LogP contribution in [0.3, 0.4) is 0 Å². The molecule has 0 spiro atoms. The topological polar surface area (TPSA) is 21.3 Å². The Morgan fingerprint density at radius 1 is 1.11 bits per heavy atom. The first-order valence-corrected chi connectivity index (χ1v) is 8.36. The zero-order chi connectivity index (χ0) is 13.6. The van der Waals surface area contributed by atoms with E-state index in [1.54, 1.807) is 0 Å². The van der Waals surface area contributed by atoms with Crippen LogP contribution in [0.25, 0.3) is 0 Å². The maximum absolute atomic E-state index is 6.08. The molecule has 3 rings (SSSR count). The Bertz CT molecular complexity index is 305. The van der Waals surface area contributed by atoms with Crippen LogP contribution in [0.5, 0.6) is 0 Å². The average molecular weight is 265 g/mol. The Hall–Kier alpha value is -0.0800. The number of hydrogen-bond donors (Lipinski definition) is 1. The highest BCUT2D eigenvalue weighted by Crippen LogP contribution is 2.48. The number of ether oxygens (including phenoxy) is 1. The average Bonchev–Trinajstić information content (AvgIpc) is 3.19. The van der Waals surface area contributed by atoms with Crippen LogP contribution in [0.1, 0.15) is 59.8 Å². The predicted octanol–water partition coefficient (Wildman–Crippen LogP) is 3.60. The van der Waals surface area contributed by atoms with Gasteiger partial charge in [-0.05, 0) is 49.9 Å². The van der Waals surface area contributed by atoms with E-state index in [-0.39, 0.29) is 0 Å². The third-order valence-corrected chi connectivity index (χ3v) is 5.46. The Morgan fingerprint density at radius 3 is 2.11 bits per heavy atom. The van der Waals surface area contributed by atoms with Crippen LogP contribution in [-0.4, -0.2) is 24.8 Å². The van der Waals surface area contributed by atoms with E-state index in [0.717, 1.165) is 24.5 Å². The van der Waals surface area contributed by atoms with E-state index < -0.39 is 0 Å². The molecule has 2 heteroatoms. The minimum Gasteiger partial charge on any atom is -0.377 e. The molecule has 3 fully saturated rings. The van der Waals surface area contributed by atoms with Gasteiger partial charge in [0.15, 0.2) is 0 Å². The third kappa shape index (κ3) is 3.00. The lowest BCUT2D eigenvalue weighted by molar-refractivity contribution is -0.126. The van der Waals surface area contributed by atoms with Crippen LogP contribution in [0, 0.1) is 23.2 Å². The molecule has 0 aromatic carbocycles. The summed E-state index contributed by atoms with van der Waals surface area (Å²) >= 11 is 0. The molecule has 0 heterocycles. The van der Waals surface area contributed by atoms with Crippen molar-refractivity contribution in [2.45, 2.75) is 78.0 Å². The van der Waals surface area contributed by atoms with Crippen molar-refractivity contribution in [3.63, 3.8) is 0 Å². The van der Waals surface area contributed by atoms with Gasteiger partial charge >= 0.3 is 0 Å². The first-order valence-electron chi connectivity index (χ1n) is 8.36. The van der Waals surface area contributed by atoms with Crippen molar-refractivity contribution in [3.8, 4) is 0 Å². The van der Waals surface area contributed by atoms with Gasteiger partial charge in [-0.3, -0.25) is 0 Å². The zero-order valence-corrected chi connectivity index (χ0v) is 13.1. The SMILES string of the molecule is CC(C)COC1CC(NC(C2CC2)C2CC2)C1(C)C. The molecule has 0 aromatic heterocycles. The largest absolute Gasteiger partial charge is 0.377 e. The molecule has 3 saturated carbocycles. The number of rotatable bonds is 7. The van der Waals surface area contributed by atoms with Crippen molar-refractivity contribution >= 4 is 0 Å². The second-order valence-electron chi connectivity index (χ2n) is 8.19. The molecule has 2 atom stereocenters. The molecule has 0 aliphatic heterocycles. The first kappa shape index (κ1) is 13.9. The highest BCUT2D eigenvalue weighted by molar-refractivity contribution is 5.07. The molecule has 3 aliphatic rings. The van der Waals surface area contributed by atoms with Gasteiger partial charge in [0.25, 0.3) is 0 Å². The first-order chi connectivity index (χ1) is 8.98. The van der Waals surface area contributed by atoms with Gasteiger partial charge in [0.05, 0.1) is 6.10 Å². The molecule has 110 valence electrons. The van der Waals surface area contributed by atoms with Crippen molar-refractivity contribution in [1.29, 1.82) is 0 Å². The molecule has 0 saturated heterocycles. The highest BCUT2D eigenvalue weighted by atomic mass is 16.5. The summed E-state index contributed by atoms with van der Waals surface area (Å²) < 4.78 is 6.08. The lowest BCUT2D eigenvalue weighted by atomic mass is 9.64. The van der Waals surface area contributed by atoms with Crippen molar-refractivity contribution in [2.75, 3.05) is 6.61 Å². The molecule has 0 radical (unpaired) electrons. The molecule has 3 aliphatic carbocycles. The van der Waals surface area contributed by atoms with E-state index in [2.05, 4.69) is 33.0 Å². The molecular weight excluding hydrogens is 234 g/mol. The van der Waals surface area contributed by atoms with Crippen molar-refractivity contribution < 1.29 is 4.74 Å². The van der Waals surface area contributed by atoms with Gasteiger partial charge in [-0.15, -0.1) is 0 Å². The van der Waals surface area contributed by atoms with Crippen LogP contribution in [-0.2, 0) is 4.74 Å². The van der Waals surface area contributed by atoms with Crippen LogP contribution in [0.2, 0.25) is 0 Å². The van der Waals surface area contributed by atoms with Crippen molar-refractivity contribution in [1.82, 2.24) is 5.32 Å². The van der Waals surface area contributed by atoms with Gasteiger partial charge in [0.2, 0.25) is 0 Å². The Labute approximate surface area is 118 Å². The van der Waals surface area contributed by atoms with E-state index in [9.17, 15) is 0 Å². The molecule has 1 N–H and O–H groups in total. The summed E-state index contributed by atoms with van der Waals surface area (Å²) in [5, 5.41) is 4.01. The summed E-state index contributed by atoms with van der Waals surface area (Å²) in [7, 11) is 0. The van der Waals surface area contributed by atoms with Crippen LogP contribution < -0.4 is 5.32 Å². The smallest absolute Gasteiger partial charge is 0.0656 e. The molecule has 2 unspecified atom stereocenters. The zero-order valence-electron chi connectivity index (χ0n) is 13.1. The maximum Gasteiger partial charge on any atom is 0.0656 e. The summed E-state index contributed by atoms with van der Waals surface area (Å²) in [6.07, 6.45) is 7.55.